The van der Waals surface area contributed by atoms with Gasteiger partial charge in [0.2, 0.25) is 5.89 Å². The number of hydrogen-bond acceptors (Lipinski definition) is 4. The van der Waals surface area contributed by atoms with Gasteiger partial charge in [0, 0.05) is 26.2 Å². The van der Waals surface area contributed by atoms with E-state index < -0.39 is 0 Å². The maximum atomic E-state index is 5.63. The van der Waals surface area contributed by atoms with E-state index in [0.717, 1.165) is 42.3 Å². The lowest BCUT2D eigenvalue weighted by Crippen LogP contribution is -2.38. The largest absolute Gasteiger partial charge is 0.444 e. The average Bonchev–Trinajstić information content (AvgIpc) is 3.02. The van der Waals surface area contributed by atoms with Crippen LogP contribution in [0.25, 0.3) is 0 Å². The molecule has 2 atom stereocenters. The van der Waals surface area contributed by atoms with Crippen molar-refractivity contribution in [2.75, 3.05) is 19.6 Å². The van der Waals surface area contributed by atoms with E-state index in [0.29, 0.717) is 19.0 Å². The molecular formula is C24H38IN5O. The molecule has 2 heterocycles. The Labute approximate surface area is 204 Å². The minimum atomic E-state index is 0. The number of aryl methyl sites for hydroxylation is 2. The number of aliphatic imine (C=N–C) groups is 1. The fraction of sp³-hybridized carbons (Fsp3) is 0.583. The number of hydrogen-bond donors (Lipinski definition) is 2. The second-order valence-corrected chi connectivity index (χ2v) is 8.75. The number of rotatable bonds is 7. The summed E-state index contributed by atoms with van der Waals surface area (Å²) in [7, 11) is 0. The van der Waals surface area contributed by atoms with Gasteiger partial charge in [0.1, 0.15) is 5.76 Å². The lowest BCUT2D eigenvalue weighted by molar-refractivity contribution is 0.134. The summed E-state index contributed by atoms with van der Waals surface area (Å²) < 4.78 is 5.63. The molecule has 2 aromatic rings. The molecule has 1 aliphatic heterocycles. The summed E-state index contributed by atoms with van der Waals surface area (Å²) in [6.45, 7) is 16.1. The lowest BCUT2D eigenvalue weighted by atomic mass is 9.91. The van der Waals surface area contributed by atoms with Crippen molar-refractivity contribution in [3.63, 3.8) is 0 Å². The van der Waals surface area contributed by atoms with Crippen LogP contribution in [0.15, 0.2) is 33.7 Å². The Morgan fingerprint density at radius 2 is 1.74 bits per heavy atom. The maximum absolute atomic E-state index is 5.63. The van der Waals surface area contributed by atoms with Gasteiger partial charge in [0.25, 0.3) is 0 Å². The van der Waals surface area contributed by atoms with Gasteiger partial charge >= 0.3 is 0 Å². The first kappa shape index (κ1) is 25.6. The summed E-state index contributed by atoms with van der Waals surface area (Å²) in [5.41, 5.74) is 3.52. The van der Waals surface area contributed by atoms with Crippen LogP contribution in [0.2, 0.25) is 0 Å². The molecule has 0 aliphatic carbocycles. The first-order valence-electron chi connectivity index (χ1n) is 11.2. The molecular weight excluding hydrogens is 501 g/mol. The maximum Gasteiger partial charge on any atom is 0.214 e. The molecule has 1 aliphatic rings. The van der Waals surface area contributed by atoms with Gasteiger partial charge in [-0.25, -0.2) is 9.98 Å². The van der Waals surface area contributed by atoms with Crippen molar-refractivity contribution in [1.82, 2.24) is 20.5 Å². The lowest BCUT2D eigenvalue weighted by Gasteiger charge is -2.35. The van der Waals surface area contributed by atoms with Gasteiger partial charge in [-0.2, -0.15) is 0 Å². The number of benzene rings is 1. The summed E-state index contributed by atoms with van der Waals surface area (Å²) in [4.78, 5) is 11.7. The van der Waals surface area contributed by atoms with E-state index in [1.165, 1.54) is 30.6 Å². The number of nitrogens with zero attached hydrogens (tertiary/aromatic N) is 3. The number of aromatic nitrogens is 1. The summed E-state index contributed by atoms with van der Waals surface area (Å²) in [6.07, 6.45) is 1.35. The highest BCUT2D eigenvalue weighted by molar-refractivity contribution is 14.0. The highest BCUT2D eigenvalue weighted by atomic mass is 127. The Kier molecular flexibility index (Phi) is 10.3. The minimum Gasteiger partial charge on any atom is -0.444 e. The monoisotopic (exact) mass is 539 g/mol. The van der Waals surface area contributed by atoms with Crippen molar-refractivity contribution < 1.29 is 4.42 Å². The van der Waals surface area contributed by atoms with E-state index in [9.17, 15) is 0 Å². The predicted octanol–water partition coefficient (Wildman–Crippen LogP) is 4.64. The molecule has 2 unspecified atom stereocenters. The van der Waals surface area contributed by atoms with Crippen LogP contribution in [-0.4, -0.2) is 35.5 Å². The SMILES string of the molecule is CCNC(=NCc1ccc(CN2CC(C)CC(C)C2)cc1)NCc1nc(C)c(C)o1.I. The first-order valence-corrected chi connectivity index (χ1v) is 11.2. The highest BCUT2D eigenvalue weighted by Gasteiger charge is 2.21. The average molecular weight is 540 g/mol. The summed E-state index contributed by atoms with van der Waals surface area (Å²) >= 11 is 0. The summed E-state index contributed by atoms with van der Waals surface area (Å²) in [5, 5.41) is 6.58. The van der Waals surface area contributed by atoms with Crippen LogP contribution in [0.1, 0.15) is 55.7 Å². The van der Waals surface area contributed by atoms with Crippen molar-refractivity contribution in [1.29, 1.82) is 0 Å². The third kappa shape index (κ3) is 8.11. The van der Waals surface area contributed by atoms with Gasteiger partial charge in [-0.15, -0.1) is 24.0 Å². The molecule has 0 amide bonds. The Hall–Kier alpha value is -1.61. The van der Waals surface area contributed by atoms with E-state index in [4.69, 9.17) is 9.41 Å². The number of oxazole rings is 1. The highest BCUT2D eigenvalue weighted by Crippen LogP contribution is 2.22. The van der Waals surface area contributed by atoms with E-state index in [2.05, 4.69) is 65.6 Å². The molecule has 1 aromatic carbocycles. The van der Waals surface area contributed by atoms with Crippen molar-refractivity contribution in [2.24, 2.45) is 16.8 Å². The molecule has 0 saturated carbocycles. The van der Waals surface area contributed by atoms with Crippen LogP contribution in [0.5, 0.6) is 0 Å². The smallest absolute Gasteiger partial charge is 0.214 e. The molecule has 1 fully saturated rings. The van der Waals surface area contributed by atoms with Crippen molar-refractivity contribution in [3.05, 3.63) is 52.7 Å². The first-order chi connectivity index (χ1) is 14.4. The molecule has 7 heteroatoms. The zero-order valence-electron chi connectivity index (χ0n) is 19.6. The Balaban J connectivity index is 0.00000341. The van der Waals surface area contributed by atoms with Gasteiger partial charge in [-0.3, -0.25) is 4.90 Å². The molecule has 1 aromatic heterocycles. The number of likely N-dealkylation sites (tertiary alicyclic amines) is 1. The number of nitrogens with one attached hydrogen (secondary N) is 2. The van der Waals surface area contributed by atoms with Gasteiger partial charge in [0.05, 0.1) is 18.8 Å². The topological polar surface area (TPSA) is 65.7 Å². The zero-order valence-corrected chi connectivity index (χ0v) is 21.9. The van der Waals surface area contributed by atoms with Crippen LogP contribution in [0.4, 0.5) is 0 Å². The molecule has 1 saturated heterocycles. The van der Waals surface area contributed by atoms with Gasteiger partial charge < -0.3 is 15.1 Å². The van der Waals surface area contributed by atoms with Crippen molar-refractivity contribution in [2.45, 2.75) is 60.7 Å². The van der Waals surface area contributed by atoms with Crippen molar-refractivity contribution >= 4 is 29.9 Å². The second-order valence-electron chi connectivity index (χ2n) is 8.75. The fourth-order valence-corrected chi connectivity index (χ4v) is 4.22. The second kappa shape index (κ2) is 12.4. The number of piperidine rings is 1. The van der Waals surface area contributed by atoms with Crippen LogP contribution < -0.4 is 10.6 Å². The third-order valence-corrected chi connectivity index (χ3v) is 5.62. The number of halogens is 1. The minimum absolute atomic E-state index is 0. The van der Waals surface area contributed by atoms with Crippen molar-refractivity contribution in [3.8, 4) is 0 Å². The molecule has 2 N–H and O–H groups in total. The Morgan fingerprint density at radius 3 is 2.32 bits per heavy atom. The number of guanidine groups is 1. The van der Waals surface area contributed by atoms with E-state index >= 15 is 0 Å². The molecule has 6 nitrogen and oxygen atoms in total. The van der Waals surface area contributed by atoms with Gasteiger partial charge in [0.15, 0.2) is 5.96 Å². The zero-order chi connectivity index (χ0) is 21.5. The fourth-order valence-electron chi connectivity index (χ4n) is 4.22. The molecule has 0 radical (unpaired) electrons. The van der Waals surface area contributed by atoms with Crippen LogP contribution in [-0.2, 0) is 19.6 Å². The van der Waals surface area contributed by atoms with Gasteiger partial charge in [-0.1, -0.05) is 38.1 Å². The Bertz CT molecular complexity index is 803. The van der Waals surface area contributed by atoms with Crippen LogP contribution >= 0.6 is 24.0 Å². The van der Waals surface area contributed by atoms with Crippen LogP contribution in [0.3, 0.4) is 0 Å². The third-order valence-electron chi connectivity index (χ3n) is 5.62. The Morgan fingerprint density at radius 1 is 1.10 bits per heavy atom. The van der Waals surface area contributed by atoms with E-state index in [1.54, 1.807) is 0 Å². The van der Waals surface area contributed by atoms with Crippen LogP contribution in [0, 0.1) is 25.7 Å². The normalized spacial score (nSPS) is 19.7. The predicted molar refractivity (Wildman–Crippen MR) is 138 cm³/mol. The molecule has 172 valence electrons. The molecule has 0 bridgehead atoms. The molecule has 0 spiro atoms. The summed E-state index contributed by atoms with van der Waals surface area (Å²) in [6, 6.07) is 8.88. The summed E-state index contributed by atoms with van der Waals surface area (Å²) in [5.74, 6) is 3.90. The van der Waals surface area contributed by atoms with Gasteiger partial charge in [-0.05, 0) is 50.2 Å². The quantitative estimate of drug-likeness (QED) is 0.305. The van der Waals surface area contributed by atoms with E-state index in [-0.39, 0.29) is 24.0 Å². The van der Waals surface area contributed by atoms with E-state index in [1.807, 2.05) is 13.8 Å². The molecule has 3 rings (SSSR count). The molecule has 31 heavy (non-hydrogen) atoms. The standard InChI is InChI=1S/C24H37N5O.HI/c1-6-25-24(27-13-23-28-19(4)20(5)30-23)26-12-21-7-9-22(10-8-21)16-29-14-17(2)11-18(3)15-29;/h7-10,17-18H,6,11-16H2,1-5H3,(H2,25,26,27);1H.